The molecule has 3 unspecified atom stereocenters. The van der Waals surface area contributed by atoms with Crippen LogP contribution in [0.25, 0.3) is 22.3 Å². The Morgan fingerprint density at radius 1 is 1.21 bits per heavy atom. The van der Waals surface area contributed by atoms with Crippen LogP contribution in [0.5, 0.6) is 0 Å². The maximum atomic E-state index is 14.9. The molecule has 5 aliphatic rings. The average Bonchev–Trinajstić information content (AvgIpc) is 3.67. The Morgan fingerprint density at radius 2 is 2.00 bits per heavy atom. The van der Waals surface area contributed by atoms with E-state index >= 15 is 0 Å². The summed E-state index contributed by atoms with van der Waals surface area (Å²) in [4.78, 5) is 18.7. The lowest BCUT2D eigenvalue weighted by Gasteiger charge is -2.31. The fourth-order valence-electron chi connectivity index (χ4n) is 7.38. The number of nitrogens with zero attached hydrogens (tertiary/aromatic N) is 2. The van der Waals surface area contributed by atoms with Gasteiger partial charge < -0.3 is 14.4 Å². The topological polar surface area (TPSA) is 64.4 Å². The number of fused-ring (bicyclic) bond motifs is 7. The van der Waals surface area contributed by atoms with Crippen molar-refractivity contribution in [3.05, 3.63) is 61.7 Å². The first-order valence-electron chi connectivity index (χ1n) is 12.1. The molecule has 1 aromatic carbocycles. The first kappa shape index (κ1) is 18.8. The van der Waals surface area contributed by atoms with Gasteiger partial charge >= 0.3 is 0 Å². The quantitative estimate of drug-likeness (QED) is 0.446. The van der Waals surface area contributed by atoms with E-state index < -0.39 is 11.7 Å². The molecule has 2 fully saturated rings. The van der Waals surface area contributed by atoms with Gasteiger partial charge in [-0.25, -0.2) is 9.37 Å². The van der Waals surface area contributed by atoms with Gasteiger partial charge in [0.15, 0.2) is 6.29 Å². The molecule has 168 valence electrons. The summed E-state index contributed by atoms with van der Waals surface area (Å²) in [5.74, 6) is 0.0597. The number of pyridine rings is 2. The van der Waals surface area contributed by atoms with E-state index in [1.165, 1.54) is 5.56 Å². The van der Waals surface area contributed by atoms with Crippen LogP contribution in [0.2, 0.25) is 0 Å². The number of aliphatic hydroxyl groups excluding tert-OH is 1. The van der Waals surface area contributed by atoms with Crippen molar-refractivity contribution in [3.63, 3.8) is 0 Å². The summed E-state index contributed by atoms with van der Waals surface area (Å²) in [5, 5.41) is 11.8. The molecule has 1 N–H and O–H groups in total. The second-order valence-electron chi connectivity index (χ2n) is 11.1. The van der Waals surface area contributed by atoms with Gasteiger partial charge in [0.2, 0.25) is 0 Å². The fourth-order valence-corrected chi connectivity index (χ4v) is 7.38. The number of hydrogen-bond acceptors (Lipinski definition) is 4. The van der Waals surface area contributed by atoms with E-state index in [0.29, 0.717) is 17.6 Å². The van der Waals surface area contributed by atoms with E-state index in [4.69, 9.17) is 9.72 Å². The molecular formula is C27H25FN2O3. The zero-order chi connectivity index (χ0) is 22.4. The predicted molar refractivity (Wildman–Crippen MR) is 121 cm³/mol. The van der Waals surface area contributed by atoms with Crippen LogP contribution in [0, 0.1) is 18.7 Å². The van der Waals surface area contributed by atoms with Gasteiger partial charge in [0.1, 0.15) is 5.82 Å². The molecule has 5 nitrogen and oxygen atoms in total. The molecule has 0 amide bonds. The van der Waals surface area contributed by atoms with Gasteiger partial charge in [-0.3, -0.25) is 4.79 Å². The Balaban J connectivity index is 1.46. The van der Waals surface area contributed by atoms with Crippen molar-refractivity contribution in [2.45, 2.75) is 76.2 Å². The Labute approximate surface area is 190 Å². The molecule has 2 aliphatic heterocycles. The molecule has 3 aromatic rings. The molecule has 8 rings (SSSR count). The van der Waals surface area contributed by atoms with Crippen LogP contribution in [-0.4, -0.2) is 20.9 Å². The second-order valence-corrected chi connectivity index (χ2v) is 11.1. The van der Waals surface area contributed by atoms with E-state index in [1.54, 1.807) is 6.07 Å². The molecule has 33 heavy (non-hydrogen) atoms. The van der Waals surface area contributed by atoms with Gasteiger partial charge in [0.05, 0.1) is 30.1 Å². The van der Waals surface area contributed by atoms with Crippen LogP contribution in [0.4, 0.5) is 4.39 Å². The Kier molecular flexibility index (Phi) is 3.17. The SMILES string of the molecule is Cc1c(F)cc2nc3c(c4c2c1CCC41CC1)Cn1c-3cc2c(c1=O)COC(O)C21CC1C. The summed E-state index contributed by atoms with van der Waals surface area (Å²) in [6.07, 6.45) is 4.16. The van der Waals surface area contributed by atoms with Crippen LogP contribution >= 0.6 is 0 Å². The third kappa shape index (κ3) is 2.03. The summed E-state index contributed by atoms with van der Waals surface area (Å²) in [6, 6.07) is 3.66. The third-order valence-corrected chi connectivity index (χ3v) is 9.59. The third-order valence-electron chi connectivity index (χ3n) is 9.59. The standard InChI is InChI=1S/C27H25FN2O3/c1-12-9-27(12)17-7-20-23-15(10-30(20)24(31)16(17)11-33-25(27)32)22-21-14(3-4-26(22)5-6-26)13(2)18(28)8-19(21)29-23/h7-8,12,25,32H,3-6,9-11H2,1-2H3. The molecule has 4 heterocycles. The van der Waals surface area contributed by atoms with E-state index in [-0.39, 0.29) is 29.3 Å². The number of aliphatic hydroxyl groups is 1. The molecule has 3 atom stereocenters. The minimum absolute atomic E-state index is 0.0367. The lowest BCUT2D eigenvalue weighted by molar-refractivity contribution is -0.144. The van der Waals surface area contributed by atoms with Crippen molar-refractivity contribution in [1.82, 2.24) is 9.55 Å². The molecule has 3 aliphatic carbocycles. The summed E-state index contributed by atoms with van der Waals surface area (Å²) in [7, 11) is 0. The van der Waals surface area contributed by atoms with Crippen LogP contribution in [0.1, 0.15) is 66.0 Å². The van der Waals surface area contributed by atoms with Gasteiger partial charge in [-0.2, -0.15) is 0 Å². The lowest BCUT2D eigenvalue weighted by atomic mass is 9.76. The van der Waals surface area contributed by atoms with E-state index in [9.17, 15) is 14.3 Å². The average molecular weight is 445 g/mol. The van der Waals surface area contributed by atoms with Gasteiger partial charge in [-0.05, 0) is 78.7 Å². The molecule has 0 bridgehead atoms. The number of halogens is 1. The summed E-state index contributed by atoms with van der Waals surface area (Å²) in [5.41, 5.74) is 7.85. The van der Waals surface area contributed by atoms with E-state index in [2.05, 4.69) is 13.0 Å². The summed E-state index contributed by atoms with van der Waals surface area (Å²) in [6.45, 7) is 4.62. The minimum Gasteiger partial charge on any atom is -0.367 e. The van der Waals surface area contributed by atoms with Gasteiger partial charge in [-0.15, -0.1) is 0 Å². The van der Waals surface area contributed by atoms with Crippen molar-refractivity contribution in [2.75, 3.05) is 0 Å². The zero-order valence-corrected chi connectivity index (χ0v) is 18.8. The van der Waals surface area contributed by atoms with Crippen molar-refractivity contribution < 1.29 is 14.2 Å². The maximum absolute atomic E-state index is 14.9. The van der Waals surface area contributed by atoms with E-state index in [1.807, 2.05) is 11.5 Å². The van der Waals surface area contributed by atoms with Crippen molar-refractivity contribution >= 4 is 10.9 Å². The Bertz CT molecular complexity index is 1520. The van der Waals surface area contributed by atoms with Gasteiger partial charge in [0.25, 0.3) is 5.56 Å². The highest BCUT2D eigenvalue weighted by Gasteiger charge is 2.61. The monoisotopic (exact) mass is 444 g/mol. The highest BCUT2D eigenvalue weighted by molar-refractivity contribution is 5.94. The second kappa shape index (κ2) is 5.56. The number of aromatic nitrogens is 2. The molecule has 0 radical (unpaired) electrons. The smallest absolute Gasteiger partial charge is 0.257 e. The number of hydrogen-bond donors (Lipinski definition) is 1. The molecule has 6 heteroatoms. The van der Waals surface area contributed by atoms with Crippen LogP contribution in [-0.2, 0) is 35.1 Å². The van der Waals surface area contributed by atoms with Crippen molar-refractivity contribution in [1.29, 1.82) is 0 Å². The predicted octanol–water partition coefficient (Wildman–Crippen LogP) is 3.98. The zero-order valence-electron chi connectivity index (χ0n) is 18.8. The highest BCUT2D eigenvalue weighted by Crippen LogP contribution is 2.61. The first-order chi connectivity index (χ1) is 15.9. The fraction of sp³-hybridized carbons (Fsp3) is 0.481. The molecule has 0 saturated heterocycles. The lowest BCUT2D eigenvalue weighted by Crippen LogP contribution is -2.40. The first-order valence-corrected chi connectivity index (χ1v) is 12.1. The van der Waals surface area contributed by atoms with Crippen LogP contribution < -0.4 is 5.56 Å². The van der Waals surface area contributed by atoms with E-state index in [0.717, 1.165) is 71.1 Å². The molecule has 2 aromatic heterocycles. The van der Waals surface area contributed by atoms with Gasteiger partial charge in [0, 0.05) is 28.0 Å². The van der Waals surface area contributed by atoms with Crippen LogP contribution in [0.3, 0.4) is 0 Å². The van der Waals surface area contributed by atoms with Crippen LogP contribution in [0.15, 0.2) is 16.9 Å². The summed E-state index contributed by atoms with van der Waals surface area (Å²) < 4.78 is 22.3. The number of ether oxygens (including phenoxy) is 1. The normalized spacial score (nSPS) is 29.3. The maximum Gasteiger partial charge on any atom is 0.257 e. The van der Waals surface area contributed by atoms with Crippen molar-refractivity contribution in [2.24, 2.45) is 5.92 Å². The summed E-state index contributed by atoms with van der Waals surface area (Å²) >= 11 is 0. The molecule has 2 saturated carbocycles. The minimum atomic E-state index is -0.886. The Hall–Kier alpha value is -2.57. The molecular weight excluding hydrogens is 419 g/mol. The Morgan fingerprint density at radius 3 is 2.73 bits per heavy atom. The number of benzene rings is 1. The van der Waals surface area contributed by atoms with Gasteiger partial charge in [-0.1, -0.05) is 6.92 Å². The largest absolute Gasteiger partial charge is 0.367 e. The molecule has 2 spiro atoms. The number of rotatable bonds is 0. The highest BCUT2D eigenvalue weighted by atomic mass is 19.1. The number of aryl methyl sites for hydroxylation is 1. The van der Waals surface area contributed by atoms with Crippen molar-refractivity contribution in [3.8, 4) is 11.4 Å².